The van der Waals surface area contributed by atoms with Gasteiger partial charge in [-0.05, 0) is 75.7 Å². The van der Waals surface area contributed by atoms with E-state index in [0.717, 1.165) is 34.0 Å². The molecule has 2 amide bonds. The van der Waals surface area contributed by atoms with Crippen molar-refractivity contribution >= 4 is 23.7 Å². The summed E-state index contributed by atoms with van der Waals surface area (Å²) in [5.41, 5.74) is 7.50. The first-order valence-electron chi connectivity index (χ1n) is 10.5. The molecule has 0 atom stereocenters. The number of amides is 2. The maximum atomic E-state index is 12.1. The average Bonchev–Trinajstić information content (AvgIpc) is 3.07. The Kier molecular flexibility index (Phi) is 7.50. The van der Waals surface area contributed by atoms with Crippen LogP contribution in [0.15, 0.2) is 53.6 Å². The van der Waals surface area contributed by atoms with Gasteiger partial charge in [0, 0.05) is 22.6 Å². The van der Waals surface area contributed by atoms with Gasteiger partial charge in [0.2, 0.25) is 0 Å². The van der Waals surface area contributed by atoms with E-state index >= 15 is 0 Å². The van der Waals surface area contributed by atoms with Crippen LogP contribution in [-0.2, 0) is 9.59 Å². The van der Waals surface area contributed by atoms with Crippen molar-refractivity contribution in [3.8, 4) is 17.2 Å². The predicted octanol–water partition coefficient (Wildman–Crippen LogP) is 3.90. The number of carbonyl (C=O) groups excluding carboxylic acids is 2. The van der Waals surface area contributed by atoms with Crippen molar-refractivity contribution in [2.75, 3.05) is 19.0 Å². The minimum atomic E-state index is -0.866. The molecule has 0 aliphatic rings. The predicted molar refractivity (Wildman–Crippen MR) is 129 cm³/mol. The quantitative estimate of drug-likeness (QED) is 0.326. The first-order valence-corrected chi connectivity index (χ1v) is 10.5. The summed E-state index contributed by atoms with van der Waals surface area (Å²) in [6.45, 7) is 8.39. The van der Waals surface area contributed by atoms with E-state index in [1.54, 1.807) is 31.4 Å². The van der Waals surface area contributed by atoms with E-state index in [0.29, 0.717) is 18.0 Å². The Balaban J connectivity index is 1.68. The zero-order valence-corrected chi connectivity index (χ0v) is 19.4. The van der Waals surface area contributed by atoms with E-state index in [1.807, 2.05) is 52.0 Å². The molecule has 0 fully saturated rings. The summed E-state index contributed by atoms with van der Waals surface area (Å²) in [5.74, 6) is -0.240. The van der Waals surface area contributed by atoms with Crippen LogP contribution in [0.3, 0.4) is 0 Å². The number of hydrogen-bond acceptors (Lipinski definition) is 5. The third kappa shape index (κ3) is 5.60. The number of nitrogens with one attached hydrogen (secondary N) is 2. The highest BCUT2D eigenvalue weighted by Gasteiger charge is 2.15. The van der Waals surface area contributed by atoms with Gasteiger partial charge in [-0.15, -0.1) is 0 Å². The molecule has 0 aliphatic carbocycles. The third-order valence-electron chi connectivity index (χ3n) is 5.04. The van der Waals surface area contributed by atoms with Crippen molar-refractivity contribution in [3.63, 3.8) is 0 Å². The molecule has 3 rings (SSSR count). The molecular weight excluding hydrogens is 420 g/mol. The van der Waals surface area contributed by atoms with Gasteiger partial charge < -0.3 is 19.4 Å². The van der Waals surface area contributed by atoms with Crippen molar-refractivity contribution in [2.24, 2.45) is 5.10 Å². The molecule has 0 aliphatic heterocycles. The molecular formula is C25H28N4O4. The number of ether oxygens (including phenoxy) is 2. The van der Waals surface area contributed by atoms with E-state index in [4.69, 9.17) is 9.47 Å². The molecule has 2 aromatic carbocycles. The lowest BCUT2D eigenvalue weighted by molar-refractivity contribution is -0.136. The molecule has 0 bridgehead atoms. The van der Waals surface area contributed by atoms with Gasteiger partial charge in [0.05, 0.1) is 25.6 Å². The molecule has 8 heteroatoms. The normalized spacial score (nSPS) is 10.8. The first kappa shape index (κ1) is 23.6. The van der Waals surface area contributed by atoms with E-state index in [-0.39, 0.29) is 0 Å². The zero-order chi connectivity index (χ0) is 24.0. The minimum Gasteiger partial charge on any atom is -0.495 e. The number of anilines is 1. The van der Waals surface area contributed by atoms with Crippen LogP contribution < -0.4 is 20.2 Å². The molecule has 1 heterocycles. The Labute approximate surface area is 193 Å². The monoisotopic (exact) mass is 448 g/mol. The second kappa shape index (κ2) is 10.5. The van der Waals surface area contributed by atoms with Gasteiger partial charge in [-0.1, -0.05) is 6.07 Å². The summed E-state index contributed by atoms with van der Waals surface area (Å²) in [5, 5.41) is 6.49. The number of hydrazone groups is 1. The van der Waals surface area contributed by atoms with Gasteiger partial charge in [-0.25, -0.2) is 5.43 Å². The average molecular weight is 449 g/mol. The maximum absolute atomic E-state index is 12.1. The highest BCUT2D eigenvalue weighted by molar-refractivity contribution is 6.39. The Hall–Kier alpha value is -4.07. The van der Waals surface area contributed by atoms with Crippen molar-refractivity contribution in [1.82, 2.24) is 9.99 Å². The first-order chi connectivity index (χ1) is 15.8. The van der Waals surface area contributed by atoms with Crippen LogP contribution in [0.25, 0.3) is 5.69 Å². The van der Waals surface area contributed by atoms with Crippen LogP contribution in [0.5, 0.6) is 11.5 Å². The van der Waals surface area contributed by atoms with Crippen LogP contribution in [0.1, 0.15) is 29.4 Å². The maximum Gasteiger partial charge on any atom is 0.329 e. The van der Waals surface area contributed by atoms with Crippen LogP contribution in [-0.4, -0.2) is 36.3 Å². The Morgan fingerprint density at radius 2 is 1.76 bits per heavy atom. The topological polar surface area (TPSA) is 94.0 Å². The molecule has 2 N–H and O–H groups in total. The van der Waals surface area contributed by atoms with Gasteiger partial charge in [0.1, 0.15) is 11.5 Å². The van der Waals surface area contributed by atoms with E-state index in [1.165, 1.54) is 6.21 Å². The fraction of sp³-hybridized carbons (Fsp3) is 0.240. The molecule has 0 spiro atoms. The molecule has 0 unspecified atom stereocenters. The van der Waals surface area contributed by atoms with Crippen molar-refractivity contribution in [2.45, 2.75) is 27.7 Å². The summed E-state index contributed by atoms with van der Waals surface area (Å²) < 4.78 is 12.9. The van der Waals surface area contributed by atoms with E-state index in [9.17, 15) is 9.59 Å². The molecule has 0 saturated heterocycles. The Morgan fingerprint density at radius 3 is 2.42 bits per heavy atom. The Morgan fingerprint density at radius 1 is 1.03 bits per heavy atom. The number of rotatable bonds is 7. The van der Waals surface area contributed by atoms with Gasteiger partial charge in [0.15, 0.2) is 0 Å². The second-order valence-electron chi connectivity index (χ2n) is 7.45. The third-order valence-corrected chi connectivity index (χ3v) is 5.04. The number of aromatic nitrogens is 1. The number of hydrogen-bond donors (Lipinski definition) is 2. The summed E-state index contributed by atoms with van der Waals surface area (Å²) in [4.78, 5) is 24.3. The number of methoxy groups -OCH3 is 1. The fourth-order valence-corrected chi connectivity index (χ4v) is 3.46. The fourth-order valence-electron chi connectivity index (χ4n) is 3.46. The SMILES string of the molecule is CCOc1ccc(NC(=O)C(=O)N/N=C\c2cc(C)n(-c3cc(C)ccc3OC)c2C)cc1. The van der Waals surface area contributed by atoms with Gasteiger partial charge >= 0.3 is 11.8 Å². The number of carbonyl (C=O) groups is 2. The number of benzene rings is 2. The minimum absolute atomic E-state index is 0.484. The summed E-state index contributed by atoms with van der Waals surface area (Å²) in [6, 6.07) is 14.7. The molecule has 0 saturated carbocycles. The smallest absolute Gasteiger partial charge is 0.329 e. The number of nitrogens with zero attached hydrogens (tertiary/aromatic N) is 2. The molecule has 3 aromatic rings. The van der Waals surface area contributed by atoms with Crippen LogP contribution in [0, 0.1) is 20.8 Å². The lowest BCUT2D eigenvalue weighted by Gasteiger charge is -2.14. The van der Waals surface area contributed by atoms with Crippen molar-refractivity contribution in [1.29, 1.82) is 0 Å². The summed E-state index contributed by atoms with van der Waals surface area (Å²) >= 11 is 0. The Bertz CT molecular complexity index is 1180. The van der Waals surface area contributed by atoms with E-state index in [2.05, 4.69) is 20.4 Å². The lowest BCUT2D eigenvalue weighted by atomic mass is 10.2. The summed E-state index contributed by atoms with van der Waals surface area (Å²) in [7, 11) is 1.64. The van der Waals surface area contributed by atoms with Crippen LogP contribution in [0.4, 0.5) is 5.69 Å². The van der Waals surface area contributed by atoms with Crippen molar-refractivity contribution in [3.05, 3.63) is 71.0 Å². The molecule has 0 radical (unpaired) electrons. The van der Waals surface area contributed by atoms with Crippen LogP contribution >= 0.6 is 0 Å². The highest BCUT2D eigenvalue weighted by Crippen LogP contribution is 2.28. The summed E-state index contributed by atoms with van der Waals surface area (Å²) in [6.07, 6.45) is 1.52. The zero-order valence-electron chi connectivity index (χ0n) is 19.4. The van der Waals surface area contributed by atoms with Crippen LogP contribution in [0.2, 0.25) is 0 Å². The van der Waals surface area contributed by atoms with Crippen molar-refractivity contribution < 1.29 is 19.1 Å². The van der Waals surface area contributed by atoms with Gasteiger partial charge in [-0.3, -0.25) is 9.59 Å². The molecule has 1 aromatic heterocycles. The van der Waals surface area contributed by atoms with E-state index < -0.39 is 11.8 Å². The molecule has 172 valence electrons. The molecule has 33 heavy (non-hydrogen) atoms. The van der Waals surface area contributed by atoms with Gasteiger partial charge in [-0.2, -0.15) is 5.10 Å². The van der Waals surface area contributed by atoms with Gasteiger partial charge in [0.25, 0.3) is 0 Å². The standard InChI is InChI=1S/C25H28N4O4/c1-6-33-21-10-8-20(9-11-21)27-24(30)25(31)28-26-15-19-14-17(3)29(18(19)4)22-13-16(2)7-12-23(22)32-5/h7-15H,6H2,1-5H3,(H,27,30)(H,28,31)/b26-15-. The largest absolute Gasteiger partial charge is 0.495 e. The second-order valence-corrected chi connectivity index (χ2v) is 7.45. The number of aryl methyl sites for hydroxylation is 2. The molecule has 8 nitrogen and oxygen atoms in total. The lowest BCUT2D eigenvalue weighted by Crippen LogP contribution is -2.32. The highest BCUT2D eigenvalue weighted by atomic mass is 16.5.